The van der Waals surface area contributed by atoms with Crippen molar-refractivity contribution in [3.05, 3.63) is 51.9 Å². The molecule has 0 aromatic heterocycles. The highest BCUT2D eigenvalue weighted by Gasteiger charge is 2.53. The van der Waals surface area contributed by atoms with Gasteiger partial charge in [0.05, 0.1) is 39.6 Å². The summed E-state index contributed by atoms with van der Waals surface area (Å²) in [5, 5.41) is 16.2. The third kappa shape index (κ3) is 15.9. The molecule has 1 fully saturated rings. The van der Waals surface area contributed by atoms with Crippen LogP contribution in [0.4, 0.5) is 0 Å². The number of ether oxygens (including phenoxy) is 9. The van der Waals surface area contributed by atoms with Gasteiger partial charge in [0.2, 0.25) is 12.4 Å². The number of hydrogen-bond donors (Lipinski definition) is 2. The molecule has 354 valence electrons. The highest BCUT2D eigenvalue weighted by molar-refractivity contribution is 7.82. The van der Waals surface area contributed by atoms with E-state index in [1.54, 1.807) is 0 Å². The first-order chi connectivity index (χ1) is 29.9. The van der Waals surface area contributed by atoms with Gasteiger partial charge >= 0.3 is 34.3 Å². The molecule has 64 heavy (non-hydrogen) atoms. The van der Waals surface area contributed by atoms with Crippen molar-refractivity contribution in [2.45, 2.75) is 92.7 Å². The number of nitrogens with one attached hydrogen (secondary N) is 1. The third-order valence-corrected chi connectivity index (χ3v) is 9.58. The Morgan fingerprint density at radius 1 is 0.797 bits per heavy atom. The van der Waals surface area contributed by atoms with E-state index in [2.05, 4.69) is 15.3 Å². The summed E-state index contributed by atoms with van der Waals surface area (Å²) in [6.45, 7) is 11.1. The predicted molar refractivity (Wildman–Crippen MR) is 219 cm³/mol. The average molecular weight is 927 g/mol. The van der Waals surface area contributed by atoms with E-state index in [0.29, 0.717) is 0 Å². The number of amides is 1. The second-order valence-corrected chi connectivity index (χ2v) is 16.9. The van der Waals surface area contributed by atoms with Gasteiger partial charge in [0, 0.05) is 68.8 Å². The number of nitrogens with zero attached hydrogens (tertiary/aromatic N) is 3. The van der Waals surface area contributed by atoms with Crippen molar-refractivity contribution in [2.75, 3.05) is 47.1 Å². The van der Waals surface area contributed by atoms with Crippen molar-refractivity contribution in [1.29, 1.82) is 0 Å². The molecule has 0 spiro atoms. The number of aliphatic hydroxyl groups is 1. The number of carbonyl (C=O) groups is 5. The fraction of sp³-hybridized carbons (Fsp3) is 0.575. The van der Waals surface area contributed by atoms with Gasteiger partial charge in [-0.2, -0.15) is 0 Å². The summed E-state index contributed by atoms with van der Waals surface area (Å²) in [7, 11) is -2.65. The zero-order valence-corrected chi connectivity index (χ0v) is 37.9. The molecule has 0 radical (unpaired) electrons. The number of rotatable bonds is 23. The van der Waals surface area contributed by atoms with E-state index in [9.17, 15) is 37.5 Å². The van der Waals surface area contributed by atoms with Gasteiger partial charge in [0.25, 0.3) is 5.91 Å². The number of carbonyl (C=O) groups excluding carboxylic acids is 5. The Morgan fingerprint density at radius 2 is 1.38 bits per heavy atom. The van der Waals surface area contributed by atoms with Crippen LogP contribution in [-0.2, 0) is 64.6 Å². The number of hydrogen-bond acceptors (Lipinski definition) is 20. The first-order valence-corrected chi connectivity index (χ1v) is 20.7. The first kappa shape index (κ1) is 52.3. The van der Waals surface area contributed by atoms with E-state index in [-0.39, 0.29) is 54.7 Å². The number of esters is 4. The van der Waals surface area contributed by atoms with Crippen molar-refractivity contribution >= 4 is 40.2 Å². The number of benzene rings is 2. The summed E-state index contributed by atoms with van der Waals surface area (Å²) in [4.78, 5) is 65.3. The van der Waals surface area contributed by atoms with Crippen LogP contribution < -0.4 is 27.9 Å². The van der Waals surface area contributed by atoms with Crippen LogP contribution in [0.5, 0.6) is 28.7 Å². The van der Waals surface area contributed by atoms with Crippen LogP contribution in [0.2, 0.25) is 0 Å². The SMILES string of the molecule is COc1cc(OS(=O)(=O)Oc2cc(C(=O)NCC(C)(C)COCC(C)(C)CN=[N+]=[N-])ccc2OC2O[C@H](COC(C)=O)[C@H](OC(C)=O)[C@H](OC(C)=O)[C@H]2OC(C)=O)cc(OC)c1CO. The van der Waals surface area contributed by atoms with Crippen molar-refractivity contribution in [2.24, 2.45) is 15.9 Å². The van der Waals surface area contributed by atoms with Gasteiger partial charge in [-0.05, 0) is 29.1 Å². The highest BCUT2D eigenvalue weighted by atomic mass is 32.3. The average Bonchev–Trinajstić information content (AvgIpc) is 3.19. The third-order valence-electron chi connectivity index (χ3n) is 8.80. The molecule has 1 aliphatic heterocycles. The molecule has 0 bridgehead atoms. The Bertz CT molecular complexity index is 2130. The molecule has 3 rings (SSSR count). The minimum Gasteiger partial charge on any atom is -0.496 e. The van der Waals surface area contributed by atoms with Crippen LogP contribution in [-0.4, -0.2) is 121 Å². The zero-order chi connectivity index (χ0) is 48.0. The fourth-order valence-corrected chi connectivity index (χ4v) is 6.69. The van der Waals surface area contributed by atoms with Crippen LogP contribution in [0.1, 0.15) is 71.3 Å². The molecule has 1 amide bonds. The lowest BCUT2D eigenvalue weighted by atomic mass is 9.93. The Hall–Kier alpha value is -6.07. The summed E-state index contributed by atoms with van der Waals surface area (Å²) in [6, 6.07) is 5.63. The molecule has 1 saturated heterocycles. The van der Waals surface area contributed by atoms with Crippen molar-refractivity contribution < 1.29 is 88.5 Å². The molecule has 5 atom stereocenters. The molecule has 2 aromatic carbocycles. The minimum atomic E-state index is -5.18. The Balaban J connectivity index is 2.09. The molecule has 1 heterocycles. The summed E-state index contributed by atoms with van der Waals surface area (Å²) < 4.78 is 87.8. The number of methoxy groups -OCH3 is 2. The lowest BCUT2D eigenvalue weighted by molar-refractivity contribution is -0.288. The van der Waals surface area contributed by atoms with Crippen molar-refractivity contribution in [3.63, 3.8) is 0 Å². The lowest BCUT2D eigenvalue weighted by Crippen LogP contribution is -2.63. The second-order valence-electron chi connectivity index (χ2n) is 15.8. The van der Waals surface area contributed by atoms with Gasteiger partial charge < -0.3 is 61.4 Å². The molecule has 2 N–H and O–H groups in total. The Labute approximate surface area is 369 Å². The molecule has 2 aromatic rings. The molecule has 0 aliphatic carbocycles. The van der Waals surface area contributed by atoms with Crippen LogP contribution in [0.15, 0.2) is 35.4 Å². The van der Waals surface area contributed by atoms with E-state index in [1.807, 2.05) is 27.7 Å². The van der Waals surface area contributed by atoms with Gasteiger partial charge in [0.15, 0.2) is 29.5 Å². The fourth-order valence-electron chi connectivity index (χ4n) is 5.97. The van der Waals surface area contributed by atoms with Gasteiger partial charge in [-0.1, -0.05) is 32.8 Å². The van der Waals surface area contributed by atoms with Gasteiger partial charge in [-0.3, -0.25) is 24.0 Å². The van der Waals surface area contributed by atoms with Crippen LogP contribution in [0.25, 0.3) is 10.4 Å². The zero-order valence-electron chi connectivity index (χ0n) is 37.1. The van der Waals surface area contributed by atoms with Gasteiger partial charge in [-0.25, -0.2) is 0 Å². The van der Waals surface area contributed by atoms with Crippen LogP contribution >= 0.6 is 0 Å². The van der Waals surface area contributed by atoms with Gasteiger partial charge in [0.1, 0.15) is 24.2 Å². The molecular formula is C40H54N4O19S. The quantitative estimate of drug-likeness (QED) is 0.0530. The summed E-state index contributed by atoms with van der Waals surface area (Å²) >= 11 is 0. The second kappa shape index (κ2) is 23.0. The van der Waals surface area contributed by atoms with E-state index in [0.717, 1.165) is 52.0 Å². The van der Waals surface area contributed by atoms with E-state index in [1.165, 1.54) is 20.3 Å². The normalized spacial score (nSPS) is 18.6. The molecule has 24 heteroatoms. The summed E-state index contributed by atoms with van der Waals surface area (Å²) in [5.74, 6) is -5.75. The summed E-state index contributed by atoms with van der Waals surface area (Å²) in [5.41, 5.74) is 7.61. The molecule has 1 unspecified atom stereocenters. The molecule has 0 saturated carbocycles. The van der Waals surface area contributed by atoms with E-state index < -0.39 is 106 Å². The van der Waals surface area contributed by atoms with Crippen LogP contribution in [0, 0.1) is 10.8 Å². The van der Waals surface area contributed by atoms with Crippen LogP contribution in [0.3, 0.4) is 0 Å². The molecule has 1 aliphatic rings. The minimum absolute atomic E-state index is 0.00333. The summed E-state index contributed by atoms with van der Waals surface area (Å²) in [6.07, 6.45) is -8.20. The van der Waals surface area contributed by atoms with E-state index >= 15 is 0 Å². The number of aliphatic hydroxyl groups excluding tert-OH is 1. The maximum absolute atomic E-state index is 13.6. The Morgan fingerprint density at radius 3 is 1.92 bits per heavy atom. The maximum atomic E-state index is 13.6. The topological polar surface area (TPSA) is 302 Å². The highest BCUT2D eigenvalue weighted by Crippen LogP contribution is 2.38. The van der Waals surface area contributed by atoms with Crippen molar-refractivity contribution in [1.82, 2.24) is 5.32 Å². The standard InChI is InChI=1S/C40H54N4O19S/c1-22(46)56-17-33-34(57-23(2)47)35(58-24(3)48)36(59-25(4)49)38(61-33)60-29-12-11-26(37(50)42-18-39(5,6)20-55-21-40(7,8)19-43-44-41)13-32(29)63-64(51,52)62-27-14-30(53-9)28(16-45)31(15-27)54-10/h11-15,33-36,38,45H,16-21H2,1-10H3,(H,42,50)/t33-,34+,35+,36-,38?/m1/s1. The first-order valence-electron chi connectivity index (χ1n) is 19.4. The maximum Gasteiger partial charge on any atom is 0.501 e. The predicted octanol–water partition coefficient (Wildman–Crippen LogP) is 3.47. The monoisotopic (exact) mass is 926 g/mol. The van der Waals surface area contributed by atoms with Crippen molar-refractivity contribution in [3.8, 4) is 28.7 Å². The molecular weight excluding hydrogens is 873 g/mol. The largest absolute Gasteiger partial charge is 0.501 e. The molecule has 23 nitrogen and oxygen atoms in total. The Kier molecular flexibility index (Phi) is 18.8. The number of azide groups is 1. The van der Waals surface area contributed by atoms with E-state index in [4.69, 9.17) is 56.5 Å². The lowest BCUT2D eigenvalue weighted by Gasteiger charge is -2.43. The van der Waals surface area contributed by atoms with Gasteiger partial charge in [-0.15, -0.1) is 8.42 Å². The smallest absolute Gasteiger partial charge is 0.496 e.